The quantitative estimate of drug-likeness (QED) is 0.461. The van der Waals surface area contributed by atoms with E-state index in [1.54, 1.807) is 12.1 Å². The fraction of sp³-hybridized carbons (Fsp3) is 0.391. The van der Waals surface area contributed by atoms with Crippen LogP contribution in [0, 0.1) is 28.9 Å². The minimum absolute atomic E-state index is 0.271. The Bertz CT molecular complexity index is 879. The number of ether oxygens (including phenoxy) is 1. The van der Waals surface area contributed by atoms with Gasteiger partial charge in [0, 0.05) is 0 Å². The van der Waals surface area contributed by atoms with Gasteiger partial charge in [0.05, 0.1) is 11.1 Å². The molecule has 0 radical (unpaired) electrons. The summed E-state index contributed by atoms with van der Waals surface area (Å²) < 4.78 is 32.6. The molecule has 28 heavy (non-hydrogen) atoms. The molecule has 3 nitrogen and oxygen atoms in total. The van der Waals surface area contributed by atoms with Crippen LogP contribution in [0.25, 0.3) is 0 Å². The summed E-state index contributed by atoms with van der Waals surface area (Å²) in [5, 5.41) is 8.70. The Labute approximate surface area is 163 Å². The highest BCUT2D eigenvalue weighted by atomic mass is 19.2. The second kappa shape index (κ2) is 8.97. The predicted octanol–water partition coefficient (Wildman–Crippen LogP) is 6.13. The fourth-order valence-electron chi connectivity index (χ4n) is 3.94. The van der Waals surface area contributed by atoms with Crippen LogP contribution in [0.1, 0.15) is 72.9 Å². The summed E-state index contributed by atoms with van der Waals surface area (Å²) in [6, 6.07) is 10.9. The van der Waals surface area contributed by atoms with Gasteiger partial charge in [0.1, 0.15) is 6.07 Å². The standard InChI is InChI=1S/C23H23F2NO2/c1-2-3-15-4-6-16(7-5-15)17-8-10-18(11-9-17)23(27)28-20-13-12-19(14-26)21(24)22(20)25/h8-13,15-16H,2-7H2,1H3. The van der Waals surface area contributed by atoms with Crippen molar-refractivity contribution in [2.45, 2.75) is 51.4 Å². The molecule has 0 amide bonds. The first kappa shape index (κ1) is 20.0. The molecule has 0 saturated heterocycles. The molecule has 146 valence electrons. The third-order valence-corrected chi connectivity index (χ3v) is 5.53. The van der Waals surface area contributed by atoms with Crippen LogP contribution in [0.4, 0.5) is 8.78 Å². The van der Waals surface area contributed by atoms with Crippen molar-refractivity contribution in [3.8, 4) is 11.8 Å². The monoisotopic (exact) mass is 383 g/mol. The number of hydrogen-bond donors (Lipinski definition) is 0. The van der Waals surface area contributed by atoms with Crippen molar-refractivity contribution < 1.29 is 18.3 Å². The van der Waals surface area contributed by atoms with Crippen molar-refractivity contribution in [3.63, 3.8) is 0 Å². The van der Waals surface area contributed by atoms with Gasteiger partial charge in [0.15, 0.2) is 11.6 Å². The van der Waals surface area contributed by atoms with Crippen LogP contribution in [0.15, 0.2) is 36.4 Å². The van der Waals surface area contributed by atoms with Crippen LogP contribution >= 0.6 is 0 Å². The molecular weight excluding hydrogens is 360 g/mol. The van der Waals surface area contributed by atoms with E-state index in [9.17, 15) is 13.6 Å². The lowest BCUT2D eigenvalue weighted by Crippen LogP contribution is -2.14. The van der Waals surface area contributed by atoms with Crippen LogP contribution in [-0.2, 0) is 0 Å². The van der Waals surface area contributed by atoms with Crippen LogP contribution in [0.3, 0.4) is 0 Å². The molecule has 1 fully saturated rings. The van der Waals surface area contributed by atoms with Gasteiger partial charge in [0.2, 0.25) is 5.82 Å². The smallest absolute Gasteiger partial charge is 0.343 e. The molecule has 1 aliphatic carbocycles. The molecule has 0 unspecified atom stereocenters. The van der Waals surface area contributed by atoms with Crippen LogP contribution < -0.4 is 4.74 Å². The molecule has 1 saturated carbocycles. The van der Waals surface area contributed by atoms with E-state index in [0.717, 1.165) is 30.9 Å². The van der Waals surface area contributed by atoms with E-state index in [2.05, 4.69) is 6.92 Å². The molecule has 2 aromatic rings. The molecule has 2 aromatic carbocycles. The van der Waals surface area contributed by atoms with E-state index < -0.39 is 28.9 Å². The van der Waals surface area contributed by atoms with Crippen molar-refractivity contribution in [1.82, 2.24) is 0 Å². The van der Waals surface area contributed by atoms with E-state index in [0.29, 0.717) is 5.92 Å². The molecule has 3 rings (SSSR count). The Morgan fingerprint density at radius 3 is 2.36 bits per heavy atom. The highest BCUT2D eigenvalue weighted by Gasteiger charge is 2.22. The third-order valence-electron chi connectivity index (χ3n) is 5.53. The number of carbonyl (C=O) groups is 1. The first-order valence-electron chi connectivity index (χ1n) is 9.73. The lowest BCUT2D eigenvalue weighted by atomic mass is 9.77. The highest BCUT2D eigenvalue weighted by molar-refractivity contribution is 5.91. The summed E-state index contributed by atoms with van der Waals surface area (Å²) in [5.74, 6) is -2.61. The van der Waals surface area contributed by atoms with Crippen LogP contribution in [0.5, 0.6) is 5.75 Å². The maximum Gasteiger partial charge on any atom is 0.343 e. The Hall–Kier alpha value is -2.74. The summed E-state index contributed by atoms with van der Waals surface area (Å²) in [6.07, 6.45) is 7.33. The topological polar surface area (TPSA) is 50.1 Å². The summed E-state index contributed by atoms with van der Waals surface area (Å²) >= 11 is 0. The Morgan fingerprint density at radius 2 is 1.75 bits per heavy atom. The van der Waals surface area contributed by atoms with Gasteiger partial charge in [-0.1, -0.05) is 31.9 Å². The Kier molecular flexibility index (Phi) is 6.41. The molecule has 0 aromatic heterocycles. The molecule has 0 bridgehead atoms. The average molecular weight is 383 g/mol. The predicted molar refractivity (Wildman–Crippen MR) is 102 cm³/mol. The van der Waals surface area contributed by atoms with E-state index in [1.807, 2.05) is 12.1 Å². The molecule has 0 spiro atoms. The van der Waals surface area contributed by atoms with Gasteiger partial charge in [0.25, 0.3) is 0 Å². The average Bonchev–Trinajstić information content (AvgIpc) is 2.72. The number of benzene rings is 2. The Morgan fingerprint density at radius 1 is 1.07 bits per heavy atom. The third kappa shape index (κ3) is 4.39. The van der Waals surface area contributed by atoms with Crippen LogP contribution in [0.2, 0.25) is 0 Å². The minimum atomic E-state index is -1.34. The van der Waals surface area contributed by atoms with Gasteiger partial charge in [-0.05, 0) is 67.3 Å². The number of hydrogen-bond acceptors (Lipinski definition) is 3. The molecule has 0 atom stereocenters. The van der Waals surface area contributed by atoms with Crippen LogP contribution in [-0.4, -0.2) is 5.97 Å². The second-order valence-corrected chi connectivity index (χ2v) is 7.37. The minimum Gasteiger partial charge on any atom is -0.420 e. The van der Waals surface area contributed by atoms with Crippen molar-refractivity contribution in [2.24, 2.45) is 5.92 Å². The molecule has 0 heterocycles. The molecule has 0 N–H and O–H groups in total. The van der Waals surface area contributed by atoms with Crippen molar-refractivity contribution in [3.05, 3.63) is 64.7 Å². The van der Waals surface area contributed by atoms with Gasteiger partial charge < -0.3 is 4.74 Å². The van der Waals surface area contributed by atoms with E-state index in [1.165, 1.54) is 37.3 Å². The van der Waals surface area contributed by atoms with E-state index in [4.69, 9.17) is 10.00 Å². The number of nitrogens with zero attached hydrogens (tertiary/aromatic N) is 1. The number of nitriles is 1. The van der Waals surface area contributed by atoms with Crippen molar-refractivity contribution in [2.75, 3.05) is 0 Å². The van der Waals surface area contributed by atoms with Gasteiger partial charge in [-0.2, -0.15) is 9.65 Å². The van der Waals surface area contributed by atoms with Gasteiger partial charge in [-0.25, -0.2) is 9.18 Å². The largest absolute Gasteiger partial charge is 0.420 e. The van der Waals surface area contributed by atoms with Gasteiger partial charge >= 0.3 is 5.97 Å². The number of carbonyl (C=O) groups excluding carboxylic acids is 1. The maximum atomic E-state index is 13.9. The summed E-state index contributed by atoms with van der Waals surface area (Å²) in [5.41, 5.74) is 1.03. The summed E-state index contributed by atoms with van der Waals surface area (Å²) in [7, 11) is 0. The zero-order valence-corrected chi connectivity index (χ0v) is 15.9. The normalized spacial score (nSPS) is 19.1. The maximum absolute atomic E-state index is 13.9. The molecule has 1 aliphatic rings. The lowest BCUT2D eigenvalue weighted by molar-refractivity contribution is 0.0726. The number of halogens is 2. The second-order valence-electron chi connectivity index (χ2n) is 7.37. The number of esters is 1. The first-order valence-corrected chi connectivity index (χ1v) is 9.73. The van der Waals surface area contributed by atoms with Gasteiger partial charge in [-0.15, -0.1) is 0 Å². The SMILES string of the molecule is CCCC1CCC(c2ccc(C(=O)Oc3ccc(C#N)c(F)c3F)cc2)CC1. The Balaban J connectivity index is 1.65. The summed E-state index contributed by atoms with van der Waals surface area (Å²) in [4.78, 5) is 12.3. The van der Waals surface area contributed by atoms with Crippen molar-refractivity contribution >= 4 is 5.97 Å². The summed E-state index contributed by atoms with van der Waals surface area (Å²) in [6.45, 7) is 2.22. The van der Waals surface area contributed by atoms with Gasteiger partial charge in [-0.3, -0.25) is 0 Å². The lowest BCUT2D eigenvalue weighted by Gasteiger charge is -2.28. The fourth-order valence-corrected chi connectivity index (χ4v) is 3.94. The molecule has 5 heteroatoms. The van der Waals surface area contributed by atoms with Crippen molar-refractivity contribution in [1.29, 1.82) is 5.26 Å². The number of rotatable bonds is 5. The highest BCUT2D eigenvalue weighted by Crippen LogP contribution is 2.37. The molecule has 0 aliphatic heterocycles. The zero-order chi connectivity index (χ0) is 20.1. The van der Waals surface area contributed by atoms with E-state index in [-0.39, 0.29) is 5.56 Å². The first-order chi connectivity index (χ1) is 13.5. The molecular formula is C23H23F2NO2. The van der Waals surface area contributed by atoms with E-state index >= 15 is 0 Å². The zero-order valence-electron chi connectivity index (χ0n) is 15.9.